The minimum Gasteiger partial charge on any atom is -0.479 e. The molecule has 4 heteroatoms. The third-order valence-electron chi connectivity index (χ3n) is 1.59. The number of carboxylic acid groups (broad SMARTS) is 1. The van der Waals surface area contributed by atoms with Crippen molar-refractivity contribution in [3.63, 3.8) is 0 Å². The molecule has 0 saturated heterocycles. The van der Waals surface area contributed by atoms with E-state index in [9.17, 15) is 4.79 Å². The highest BCUT2D eigenvalue weighted by atomic mass is 16.4. The van der Waals surface area contributed by atoms with E-state index in [1.807, 2.05) is 6.07 Å². The Labute approximate surface area is 74.7 Å². The molecule has 1 atom stereocenters. The molecule has 1 aromatic carbocycles. The van der Waals surface area contributed by atoms with E-state index in [0.29, 0.717) is 5.56 Å². The Kier molecular flexibility index (Phi) is 2.62. The van der Waals surface area contributed by atoms with Crippen LogP contribution in [0.25, 0.3) is 0 Å². The van der Waals surface area contributed by atoms with Crippen LogP contribution in [0, 0.1) is 11.3 Å². The molecular weight excluding hydrogens is 170 g/mol. The lowest BCUT2D eigenvalue weighted by Gasteiger charge is -2.04. The van der Waals surface area contributed by atoms with Gasteiger partial charge in [-0.2, -0.15) is 5.26 Å². The maximum Gasteiger partial charge on any atom is 0.337 e. The van der Waals surface area contributed by atoms with Crippen LogP contribution in [0.5, 0.6) is 0 Å². The average Bonchev–Trinajstić information content (AvgIpc) is 2.17. The second kappa shape index (κ2) is 3.70. The van der Waals surface area contributed by atoms with Gasteiger partial charge in [-0.1, -0.05) is 12.1 Å². The maximum absolute atomic E-state index is 10.3. The highest BCUT2D eigenvalue weighted by Crippen LogP contribution is 2.13. The van der Waals surface area contributed by atoms with Crippen LogP contribution in [0.1, 0.15) is 17.2 Å². The first kappa shape index (κ1) is 9.23. The van der Waals surface area contributed by atoms with Gasteiger partial charge >= 0.3 is 5.97 Å². The number of aliphatic carboxylic acids is 1. The second-order valence-electron chi connectivity index (χ2n) is 2.47. The number of hydrogen-bond donors (Lipinski definition) is 2. The first-order valence-electron chi connectivity index (χ1n) is 3.56. The molecule has 1 unspecified atom stereocenters. The number of carbonyl (C=O) groups is 1. The molecule has 0 amide bonds. The summed E-state index contributed by atoms with van der Waals surface area (Å²) < 4.78 is 0. The third kappa shape index (κ3) is 2.04. The Bertz CT molecular complexity index is 350. The molecule has 0 aliphatic heterocycles. The van der Waals surface area contributed by atoms with Crippen LogP contribution in [0.4, 0.5) is 0 Å². The fourth-order valence-corrected chi connectivity index (χ4v) is 0.883. The molecule has 0 spiro atoms. The molecule has 0 heterocycles. The van der Waals surface area contributed by atoms with E-state index >= 15 is 0 Å². The van der Waals surface area contributed by atoms with Crippen LogP contribution in [0.15, 0.2) is 24.3 Å². The van der Waals surface area contributed by atoms with Gasteiger partial charge < -0.3 is 10.2 Å². The Hall–Kier alpha value is -1.86. The van der Waals surface area contributed by atoms with E-state index in [4.69, 9.17) is 15.5 Å². The molecule has 66 valence electrons. The molecule has 13 heavy (non-hydrogen) atoms. The number of aliphatic hydroxyl groups is 1. The van der Waals surface area contributed by atoms with Crippen molar-refractivity contribution in [2.75, 3.05) is 0 Å². The van der Waals surface area contributed by atoms with E-state index in [2.05, 4.69) is 0 Å². The van der Waals surface area contributed by atoms with Crippen molar-refractivity contribution in [1.82, 2.24) is 0 Å². The van der Waals surface area contributed by atoms with Crippen LogP contribution >= 0.6 is 0 Å². The van der Waals surface area contributed by atoms with Gasteiger partial charge in [-0.05, 0) is 17.7 Å². The molecule has 2 N–H and O–H groups in total. The smallest absolute Gasteiger partial charge is 0.337 e. The van der Waals surface area contributed by atoms with Gasteiger partial charge in [-0.3, -0.25) is 0 Å². The van der Waals surface area contributed by atoms with Crippen molar-refractivity contribution < 1.29 is 15.0 Å². The summed E-state index contributed by atoms with van der Waals surface area (Å²) in [6.07, 6.45) is -1.52. The zero-order valence-electron chi connectivity index (χ0n) is 6.64. The quantitative estimate of drug-likeness (QED) is 0.695. The van der Waals surface area contributed by atoms with Crippen LogP contribution in [-0.2, 0) is 4.79 Å². The van der Waals surface area contributed by atoms with Crippen molar-refractivity contribution in [1.29, 1.82) is 5.26 Å². The number of rotatable bonds is 2. The molecule has 0 saturated carbocycles. The minimum atomic E-state index is -1.52. The monoisotopic (exact) mass is 177 g/mol. The molecule has 0 aliphatic rings. The summed E-state index contributed by atoms with van der Waals surface area (Å²) >= 11 is 0. The SMILES string of the molecule is N#Cc1ccc(C(O)C(=O)O)cc1. The van der Waals surface area contributed by atoms with E-state index in [1.54, 1.807) is 0 Å². The number of carboxylic acids is 1. The molecule has 0 aliphatic carbocycles. The lowest BCUT2D eigenvalue weighted by atomic mass is 10.1. The predicted molar refractivity (Wildman–Crippen MR) is 43.8 cm³/mol. The molecule has 1 rings (SSSR count). The molecule has 0 fully saturated rings. The van der Waals surface area contributed by atoms with Gasteiger partial charge in [-0.25, -0.2) is 4.79 Å². The summed E-state index contributed by atoms with van der Waals surface area (Å²) in [5.74, 6) is -1.30. The molecule has 1 aromatic rings. The largest absolute Gasteiger partial charge is 0.479 e. The Morgan fingerprint density at radius 1 is 1.38 bits per heavy atom. The first-order valence-corrected chi connectivity index (χ1v) is 3.56. The van der Waals surface area contributed by atoms with Gasteiger partial charge in [0.2, 0.25) is 0 Å². The standard InChI is InChI=1S/C9H7NO3/c10-5-6-1-3-7(4-2-6)8(11)9(12)13/h1-4,8,11H,(H,12,13). The fourth-order valence-electron chi connectivity index (χ4n) is 0.883. The van der Waals surface area contributed by atoms with Crippen molar-refractivity contribution in [3.8, 4) is 6.07 Å². The Morgan fingerprint density at radius 2 is 1.92 bits per heavy atom. The van der Waals surface area contributed by atoms with Crippen LogP contribution < -0.4 is 0 Å². The fraction of sp³-hybridized carbons (Fsp3) is 0.111. The number of nitrogens with zero attached hydrogens (tertiary/aromatic N) is 1. The van der Waals surface area contributed by atoms with Crippen LogP contribution in [0.3, 0.4) is 0 Å². The van der Waals surface area contributed by atoms with Gasteiger partial charge in [0.15, 0.2) is 6.10 Å². The topological polar surface area (TPSA) is 81.3 Å². The first-order chi connectivity index (χ1) is 6.15. The number of benzene rings is 1. The van der Waals surface area contributed by atoms with Crippen molar-refractivity contribution in [2.24, 2.45) is 0 Å². The zero-order chi connectivity index (χ0) is 9.84. The molecule has 4 nitrogen and oxygen atoms in total. The van der Waals surface area contributed by atoms with Crippen LogP contribution in [-0.4, -0.2) is 16.2 Å². The zero-order valence-corrected chi connectivity index (χ0v) is 6.64. The summed E-state index contributed by atoms with van der Waals surface area (Å²) in [5, 5.41) is 26.0. The highest BCUT2D eigenvalue weighted by Gasteiger charge is 2.14. The van der Waals surface area contributed by atoms with Gasteiger partial charge in [-0.15, -0.1) is 0 Å². The van der Waals surface area contributed by atoms with E-state index in [0.717, 1.165) is 0 Å². The van der Waals surface area contributed by atoms with Gasteiger partial charge in [0, 0.05) is 0 Å². The van der Waals surface area contributed by atoms with Gasteiger partial charge in [0.05, 0.1) is 11.6 Å². The molecular formula is C9H7NO3. The van der Waals surface area contributed by atoms with Crippen molar-refractivity contribution >= 4 is 5.97 Å². The normalized spacial score (nSPS) is 11.7. The summed E-state index contributed by atoms with van der Waals surface area (Å²) in [6.45, 7) is 0. The lowest BCUT2D eigenvalue weighted by Crippen LogP contribution is -2.10. The molecule has 0 bridgehead atoms. The van der Waals surface area contributed by atoms with Gasteiger partial charge in [0.1, 0.15) is 0 Å². The average molecular weight is 177 g/mol. The predicted octanol–water partition coefficient (Wildman–Crippen LogP) is 0.676. The maximum atomic E-state index is 10.3. The molecule has 0 aromatic heterocycles. The van der Waals surface area contributed by atoms with Crippen molar-refractivity contribution in [3.05, 3.63) is 35.4 Å². The summed E-state index contributed by atoms with van der Waals surface area (Å²) in [6, 6.07) is 7.64. The third-order valence-corrected chi connectivity index (χ3v) is 1.59. The van der Waals surface area contributed by atoms with Crippen LogP contribution in [0.2, 0.25) is 0 Å². The van der Waals surface area contributed by atoms with Gasteiger partial charge in [0.25, 0.3) is 0 Å². The second-order valence-corrected chi connectivity index (χ2v) is 2.47. The van der Waals surface area contributed by atoms with E-state index in [-0.39, 0.29) is 5.56 Å². The Balaban J connectivity index is 2.93. The van der Waals surface area contributed by atoms with Crippen molar-refractivity contribution in [2.45, 2.75) is 6.10 Å². The minimum absolute atomic E-state index is 0.270. The summed E-state index contributed by atoms with van der Waals surface area (Å²) in [4.78, 5) is 10.3. The summed E-state index contributed by atoms with van der Waals surface area (Å²) in [5.41, 5.74) is 0.702. The highest BCUT2D eigenvalue weighted by molar-refractivity contribution is 5.74. The Morgan fingerprint density at radius 3 is 2.31 bits per heavy atom. The van der Waals surface area contributed by atoms with E-state index < -0.39 is 12.1 Å². The number of aliphatic hydroxyl groups excluding tert-OH is 1. The number of hydrogen-bond acceptors (Lipinski definition) is 3. The van der Waals surface area contributed by atoms with E-state index in [1.165, 1.54) is 24.3 Å². The summed E-state index contributed by atoms with van der Waals surface area (Å²) in [7, 11) is 0. The lowest BCUT2D eigenvalue weighted by molar-refractivity contribution is -0.146. The number of nitriles is 1. The molecule has 0 radical (unpaired) electrons.